The maximum absolute atomic E-state index is 12.9. The minimum Gasteiger partial charge on any atom is -0.363 e. The Morgan fingerprint density at radius 3 is 2.53 bits per heavy atom. The van der Waals surface area contributed by atoms with Crippen molar-refractivity contribution in [2.75, 3.05) is 10.7 Å². The molecule has 0 spiro atoms. The Morgan fingerprint density at radius 1 is 1.21 bits per heavy atom. The summed E-state index contributed by atoms with van der Waals surface area (Å²) in [5, 5.41) is 3.22. The molecule has 0 aliphatic rings. The van der Waals surface area contributed by atoms with Crippen molar-refractivity contribution in [2.24, 2.45) is 5.84 Å². The Bertz CT molecular complexity index is 555. The Morgan fingerprint density at radius 2 is 1.89 bits per heavy atom. The molecule has 0 bridgehead atoms. The van der Waals surface area contributed by atoms with E-state index in [4.69, 9.17) is 5.84 Å². The third kappa shape index (κ3) is 3.38. The first-order valence-corrected chi connectivity index (χ1v) is 5.93. The zero-order valence-electron chi connectivity index (χ0n) is 10.8. The van der Waals surface area contributed by atoms with Crippen molar-refractivity contribution in [1.29, 1.82) is 0 Å². The van der Waals surface area contributed by atoms with Crippen LogP contribution in [0.4, 0.5) is 16.2 Å². The molecule has 1 heterocycles. The molecule has 0 saturated carbocycles. The second-order valence-corrected chi connectivity index (χ2v) is 4.28. The zero-order valence-corrected chi connectivity index (χ0v) is 10.8. The molecule has 1 atom stereocenters. The number of nitrogens with zero attached hydrogens (tertiary/aromatic N) is 2. The maximum Gasteiger partial charge on any atom is 0.239 e. The topological polar surface area (TPSA) is 75.9 Å². The van der Waals surface area contributed by atoms with E-state index in [1.165, 1.54) is 12.1 Å². The molecular formula is C13H16FN5. The molecule has 2 rings (SSSR count). The van der Waals surface area contributed by atoms with E-state index in [9.17, 15) is 4.39 Å². The lowest BCUT2D eigenvalue weighted by Crippen LogP contribution is -2.14. The minimum atomic E-state index is -0.247. The molecule has 0 radical (unpaired) electrons. The Labute approximate surface area is 111 Å². The second-order valence-electron chi connectivity index (χ2n) is 4.28. The third-order valence-corrected chi connectivity index (χ3v) is 2.72. The van der Waals surface area contributed by atoms with Gasteiger partial charge in [0.15, 0.2) is 0 Å². The highest BCUT2D eigenvalue weighted by Crippen LogP contribution is 2.19. The van der Waals surface area contributed by atoms with E-state index in [2.05, 4.69) is 20.7 Å². The molecule has 0 saturated heterocycles. The number of aryl methyl sites for hydroxylation is 1. The summed E-state index contributed by atoms with van der Waals surface area (Å²) in [6.45, 7) is 3.83. The maximum atomic E-state index is 12.9. The summed E-state index contributed by atoms with van der Waals surface area (Å²) in [6.07, 6.45) is 0. The zero-order chi connectivity index (χ0) is 13.8. The van der Waals surface area contributed by atoms with Crippen LogP contribution in [0.25, 0.3) is 0 Å². The molecule has 0 aliphatic heterocycles. The molecule has 6 heteroatoms. The average Bonchev–Trinajstić information content (AvgIpc) is 2.38. The van der Waals surface area contributed by atoms with Crippen LogP contribution in [0.5, 0.6) is 0 Å². The lowest BCUT2D eigenvalue weighted by Gasteiger charge is -2.15. The summed E-state index contributed by atoms with van der Waals surface area (Å²) in [4.78, 5) is 8.31. The molecule has 0 fully saturated rings. The van der Waals surface area contributed by atoms with Crippen LogP contribution in [0.2, 0.25) is 0 Å². The van der Waals surface area contributed by atoms with Crippen LogP contribution in [0.1, 0.15) is 24.2 Å². The van der Waals surface area contributed by atoms with Crippen LogP contribution in [-0.2, 0) is 0 Å². The highest BCUT2D eigenvalue weighted by molar-refractivity contribution is 5.43. The first-order chi connectivity index (χ1) is 9.08. The summed E-state index contributed by atoms with van der Waals surface area (Å²) >= 11 is 0. The predicted molar refractivity (Wildman–Crippen MR) is 73.0 cm³/mol. The molecule has 1 aromatic carbocycles. The fourth-order valence-corrected chi connectivity index (χ4v) is 1.76. The molecule has 2 aromatic rings. The fraction of sp³-hybridized carbons (Fsp3) is 0.231. The molecule has 5 nitrogen and oxygen atoms in total. The summed E-state index contributed by atoms with van der Waals surface area (Å²) in [5.41, 5.74) is 4.19. The van der Waals surface area contributed by atoms with Crippen LogP contribution in [0, 0.1) is 12.7 Å². The van der Waals surface area contributed by atoms with Gasteiger partial charge in [-0.1, -0.05) is 12.1 Å². The number of nitrogen functional groups attached to an aromatic ring is 1. The number of hydrogen-bond donors (Lipinski definition) is 3. The molecule has 0 amide bonds. The molecule has 4 N–H and O–H groups in total. The minimum absolute atomic E-state index is 0.000486. The second kappa shape index (κ2) is 5.62. The van der Waals surface area contributed by atoms with Crippen molar-refractivity contribution in [1.82, 2.24) is 9.97 Å². The number of nitrogens with two attached hydrogens (primary N) is 1. The number of nitrogens with one attached hydrogen (secondary N) is 2. The number of aromatic nitrogens is 2. The quantitative estimate of drug-likeness (QED) is 0.582. The number of benzene rings is 1. The van der Waals surface area contributed by atoms with Crippen LogP contribution in [0.3, 0.4) is 0 Å². The lowest BCUT2D eigenvalue weighted by molar-refractivity contribution is 0.626. The highest BCUT2D eigenvalue weighted by atomic mass is 19.1. The van der Waals surface area contributed by atoms with E-state index in [1.54, 1.807) is 12.1 Å². The Balaban J connectivity index is 2.16. The molecule has 19 heavy (non-hydrogen) atoms. The largest absolute Gasteiger partial charge is 0.363 e. The molecule has 100 valence electrons. The van der Waals surface area contributed by atoms with Gasteiger partial charge in [0.25, 0.3) is 0 Å². The van der Waals surface area contributed by atoms with Gasteiger partial charge in [-0.15, -0.1) is 0 Å². The van der Waals surface area contributed by atoms with E-state index in [0.717, 1.165) is 11.3 Å². The van der Waals surface area contributed by atoms with Crippen molar-refractivity contribution in [3.8, 4) is 0 Å². The van der Waals surface area contributed by atoms with Gasteiger partial charge in [0.1, 0.15) is 11.6 Å². The summed E-state index contributed by atoms with van der Waals surface area (Å²) in [7, 11) is 0. The first-order valence-electron chi connectivity index (χ1n) is 5.93. The van der Waals surface area contributed by atoms with E-state index in [1.807, 2.05) is 19.9 Å². The molecule has 0 aliphatic carbocycles. The monoisotopic (exact) mass is 261 g/mol. The number of anilines is 2. The van der Waals surface area contributed by atoms with Crippen LogP contribution in [-0.4, -0.2) is 9.97 Å². The van der Waals surface area contributed by atoms with Gasteiger partial charge in [-0.25, -0.2) is 15.2 Å². The Hall–Kier alpha value is -2.21. The summed E-state index contributed by atoms with van der Waals surface area (Å²) < 4.78 is 12.9. The van der Waals surface area contributed by atoms with Crippen molar-refractivity contribution >= 4 is 11.8 Å². The average molecular weight is 261 g/mol. The summed E-state index contributed by atoms with van der Waals surface area (Å²) in [5.74, 6) is 6.07. The smallest absolute Gasteiger partial charge is 0.239 e. The Kier molecular flexibility index (Phi) is 3.91. The van der Waals surface area contributed by atoms with Gasteiger partial charge in [-0.3, -0.25) is 5.43 Å². The number of hydrazine groups is 1. The van der Waals surface area contributed by atoms with Crippen LogP contribution < -0.4 is 16.6 Å². The standard InChI is InChI=1S/C13H16FN5/c1-8-7-12(18-13(16-8)19-15)17-9(2)10-3-5-11(14)6-4-10/h3-7,9H,15H2,1-2H3,(H2,16,17,18,19). The number of rotatable bonds is 4. The van der Waals surface area contributed by atoms with Crippen molar-refractivity contribution in [3.05, 3.63) is 47.4 Å². The summed E-state index contributed by atoms with van der Waals surface area (Å²) in [6, 6.07) is 8.17. The van der Waals surface area contributed by atoms with Crippen molar-refractivity contribution < 1.29 is 4.39 Å². The number of hydrogen-bond acceptors (Lipinski definition) is 5. The lowest BCUT2D eigenvalue weighted by atomic mass is 10.1. The van der Waals surface area contributed by atoms with Gasteiger partial charge in [-0.2, -0.15) is 4.98 Å². The first kappa shape index (κ1) is 13.2. The number of halogens is 1. The van der Waals surface area contributed by atoms with E-state index in [-0.39, 0.29) is 11.9 Å². The predicted octanol–water partition coefficient (Wildman–Crippen LogP) is 2.38. The van der Waals surface area contributed by atoms with Gasteiger partial charge >= 0.3 is 0 Å². The third-order valence-electron chi connectivity index (χ3n) is 2.72. The van der Waals surface area contributed by atoms with Crippen LogP contribution in [0.15, 0.2) is 30.3 Å². The fourth-order valence-electron chi connectivity index (χ4n) is 1.76. The van der Waals surface area contributed by atoms with Gasteiger partial charge < -0.3 is 5.32 Å². The van der Waals surface area contributed by atoms with Crippen molar-refractivity contribution in [3.63, 3.8) is 0 Å². The van der Waals surface area contributed by atoms with E-state index >= 15 is 0 Å². The van der Waals surface area contributed by atoms with Crippen LogP contribution >= 0.6 is 0 Å². The van der Waals surface area contributed by atoms with Crippen molar-refractivity contribution in [2.45, 2.75) is 19.9 Å². The SMILES string of the molecule is Cc1cc(NC(C)c2ccc(F)cc2)nc(NN)n1. The molecule has 1 unspecified atom stereocenters. The van der Waals surface area contributed by atoms with Gasteiger partial charge in [-0.05, 0) is 31.5 Å². The molecule has 1 aromatic heterocycles. The van der Waals surface area contributed by atoms with Gasteiger partial charge in [0.2, 0.25) is 5.95 Å². The van der Waals surface area contributed by atoms with Gasteiger partial charge in [0, 0.05) is 17.8 Å². The van der Waals surface area contributed by atoms with E-state index < -0.39 is 0 Å². The van der Waals surface area contributed by atoms with E-state index in [0.29, 0.717) is 11.8 Å². The van der Waals surface area contributed by atoms with Gasteiger partial charge in [0.05, 0.1) is 0 Å². The normalized spacial score (nSPS) is 12.0. The highest BCUT2D eigenvalue weighted by Gasteiger charge is 2.08. The molecular weight excluding hydrogens is 245 g/mol.